The Hall–Kier alpha value is -3.14. The van der Waals surface area contributed by atoms with Gasteiger partial charge in [-0.25, -0.2) is 0 Å². The summed E-state index contributed by atoms with van der Waals surface area (Å²) in [5.74, 6) is -0.452. The number of aryl methyl sites for hydroxylation is 1. The average molecular weight is 358 g/mol. The van der Waals surface area contributed by atoms with Gasteiger partial charge in [-0.3, -0.25) is 9.59 Å². The van der Waals surface area contributed by atoms with Gasteiger partial charge in [-0.1, -0.05) is 55.5 Å². The van der Waals surface area contributed by atoms with E-state index in [1.165, 1.54) is 5.56 Å². The van der Waals surface area contributed by atoms with Gasteiger partial charge in [0.1, 0.15) is 0 Å². The van der Waals surface area contributed by atoms with E-state index in [-0.39, 0.29) is 24.2 Å². The fourth-order valence-corrected chi connectivity index (χ4v) is 3.61. The summed E-state index contributed by atoms with van der Waals surface area (Å²) in [6, 6.07) is 21.8. The molecule has 27 heavy (non-hydrogen) atoms. The number of nitrogens with one attached hydrogen (secondary N) is 1. The molecule has 4 nitrogen and oxygen atoms in total. The molecule has 0 aliphatic carbocycles. The molecule has 0 saturated carbocycles. The maximum atomic E-state index is 12.8. The highest BCUT2D eigenvalue weighted by molar-refractivity contribution is 6.07. The predicted octanol–water partition coefficient (Wildman–Crippen LogP) is 4.39. The number of anilines is 2. The van der Waals surface area contributed by atoms with Gasteiger partial charge in [0.15, 0.2) is 0 Å². The van der Waals surface area contributed by atoms with E-state index >= 15 is 0 Å². The predicted molar refractivity (Wildman–Crippen MR) is 109 cm³/mol. The third kappa shape index (κ3) is 3.43. The molecule has 4 heteroatoms. The highest BCUT2D eigenvalue weighted by Gasteiger charge is 2.35. The van der Waals surface area contributed by atoms with Crippen molar-refractivity contribution >= 4 is 34.0 Å². The van der Waals surface area contributed by atoms with E-state index in [0.29, 0.717) is 6.54 Å². The van der Waals surface area contributed by atoms with Crippen LogP contribution in [0.1, 0.15) is 18.9 Å². The molecule has 1 N–H and O–H groups in total. The number of hydrogen-bond donors (Lipinski definition) is 1. The molecule has 0 aromatic heterocycles. The van der Waals surface area contributed by atoms with Crippen LogP contribution < -0.4 is 10.2 Å². The topological polar surface area (TPSA) is 49.4 Å². The van der Waals surface area contributed by atoms with Gasteiger partial charge in [-0.15, -0.1) is 0 Å². The van der Waals surface area contributed by atoms with Crippen LogP contribution in [0.3, 0.4) is 0 Å². The van der Waals surface area contributed by atoms with E-state index < -0.39 is 0 Å². The van der Waals surface area contributed by atoms with E-state index in [9.17, 15) is 9.59 Å². The lowest BCUT2D eigenvalue weighted by Crippen LogP contribution is -2.28. The monoisotopic (exact) mass is 358 g/mol. The Kier molecular flexibility index (Phi) is 4.63. The summed E-state index contributed by atoms with van der Waals surface area (Å²) in [5, 5.41) is 5.10. The lowest BCUT2D eigenvalue weighted by atomic mass is 10.1. The van der Waals surface area contributed by atoms with Crippen molar-refractivity contribution in [3.63, 3.8) is 0 Å². The average Bonchev–Trinajstić information content (AvgIpc) is 3.10. The van der Waals surface area contributed by atoms with Gasteiger partial charge in [0.2, 0.25) is 11.8 Å². The summed E-state index contributed by atoms with van der Waals surface area (Å²) in [7, 11) is 0. The van der Waals surface area contributed by atoms with Crippen molar-refractivity contribution in [2.24, 2.45) is 5.92 Å². The van der Waals surface area contributed by atoms with Crippen LogP contribution in [-0.2, 0) is 16.0 Å². The lowest BCUT2D eigenvalue weighted by molar-refractivity contribution is -0.122. The Balaban J connectivity index is 1.50. The van der Waals surface area contributed by atoms with Crippen LogP contribution >= 0.6 is 0 Å². The Morgan fingerprint density at radius 3 is 2.56 bits per heavy atom. The summed E-state index contributed by atoms with van der Waals surface area (Å²) in [4.78, 5) is 27.0. The number of benzene rings is 3. The first-order valence-electron chi connectivity index (χ1n) is 9.33. The summed E-state index contributed by atoms with van der Waals surface area (Å²) in [6.45, 7) is 2.52. The second kappa shape index (κ2) is 7.23. The molecule has 2 amide bonds. The van der Waals surface area contributed by atoms with Crippen molar-refractivity contribution in [1.29, 1.82) is 0 Å². The normalized spacial score (nSPS) is 16.7. The van der Waals surface area contributed by atoms with Crippen LogP contribution in [0.5, 0.6) is 0 Å². The largest absolute Gasteiger partial charge is 0.325 e. The second-order valence-corrected chi connectivity index (χ2v) is 6.94. The number of carbonyl (C=O) groups excluding carboxylic acids is 2. The molecule has 1 saturated heterocycles. The summed E-state index contributed by atoms with van der Waals surface area (Å²) in [5.41, 5.74) is 2.88. The smallest absolute Gasteiger partial charge is 0.229 e. The molecule has 1 aliphatic rings. The summed E-state index contributed by atoms with van der Waals surface area (Å²) in [6.07, 6.45) is 1.20. The van der Waals surface area contributed by atoms with E-state index in [0.717, 1.165) is 28.6 Å². The maximum absolute atomic E-state index is 12.8. The third-order valence-electron chi connectivity index (χ3n) is 5.20. The molecule has 4 rings (SSSR count). The SMILES string of the molecule is CCc1ccc(N2C[C@@H](C(=O)Nc3cccc4ccccc34)CC2=O)cc1. The second-order valence-electron chi connectivity index (χ2n) is 6.94. The third-order valence-corrected chi connectivity index (χ3v) is 5.20. The summed E-state index contributed by atoms with van der Waals surface area (Å²) >= 11 is 0. The van der Waals surface area contributed by atoms with Crippen LogP contribution in [0.2, 0.25) is 0 Å². The summed E-state index contributed by atoms with van der Waals surface area (Å²) < 4.78 is 0. The first-order valence-corrected chi connectivity index (χ1v) is 9.33. The van der Waals surface area contributed by atoms with Gasteiger partial charge in [0, 0.05) is 29.7 Å². The molecule has 0 unspecified atom stereocenters. The van der Waals surface area contributed by atoms with Crippen molar-refractivity contribution in [3.8, 4) is 0 Å². The molecular formula is C23H22N2O2. The Bertz CT molecular complexity index is 989. The van der Waals surface area contributed by atoms with Gasteiger partial charge >= 0.3 is 0 Å². The minimum atomic E-state index is -0.345. The molecule has 1 heterocycles. The minimum Gasteiger partial charge on any atom is -0.325 e. The molecular weight excluding hydrogens is 336 g/mol. The Morgan fingerprint density at radius 1 is 1.04 bits per heavy atom. The first-order chi connectivity index (χ1) is 13.2. The van der Waals surface area contributed by atoms with Gasteiger partial charge in [-0.05, 0) is 35.6 Å². The molecule has 0 radical (unpaired) electrons. The van der Waals surface area contributed by atoms with Crippen LogP contribution in [-0.4, -0.2) is 18.4 Å². The maximum Gasteiger partial charge on any atom is 0.229 e. The Morgan fingerprint density at radius 2 is 1.78 bits per heavy atom. The zero-order valence-electron chi connectivity index (χ0n) is 15.3. The zero-order chi connectivity index (χ0) is 18.8. The van der Waals surface area contributed by atoms with Gasteiger partial charge in [0.05, 0.1) is 5.92 Å². The first kappa shape index (κ1) is 17.3. The number of hydrogen-bond acceptors (Lipinski definition) is 2. The molecule has 3 aromatic carbocycles. The van der Waals surface area contributed by atoms with Crippen LogP contribution in [0.15, 0.2) is 66.7 Å². The van der Waals surface area contributed by atoms with Crippen LogP contribution in [0.25, 0.3) is 10.8 Å². The van der Waals surface area contributed by atoms with E-state index in [2.05, 4.69) is 12.2 Å². The van der Waals surface area contributed by atoms with Gasteiger partial charge in [-0.2, -0.15) is 0 Å². The number of rotatable bonds is 4. The van der Waals surface area contributed by atoms with Crippen molar-refractivity contribution < 1.29 is 9.59 Å². The van der Waals surface area contributed by atoms with Crippen molar-refractivity contribution in [2.75, 3.05) is 16.8 Å². The number of amides is 2. The fourth-order valence-electron chi connectivity index (χ4n) is 3.61. The van der Waals surface area contributed by atoms with Crippen molar-refractivity contribution in [1.82, 2.24) is 0 Å². The molecule has 0 bridgehead atoms. The van der Waals surface area contributed by atoms with Crippen LogP contribution in [0, 0.1) is 5.92 Å². The van der Waals surface area contributed by atoms with E-state index in [1.807, 2.05) is 66.7 Å². The van der Waals surface area contributed by atoms with Crippen molar-refractivity contribution in [3.05, 3.63) is 72.3 Å². The standard InChI is InChI=1S/C23H22N2O2/c1-2-16-10-12-19(13-11-16)25-15-18(14-22(25)26)23(27)24-21-9-5-7-17-6-3-4-8-20(17)21/h3-13,18H,2,14-15H2,1H3,(H,24,27)/t18-/m0/s1. The van der Waals surface area contributed by atoms with Crippen molar-refractivity contribution in [2.45, 2.75) is 19.8 Å². The van der Waals surface area contributed by atoms with Gasteiger partial charge in [0.25, 0.3) is 0 Å². The van der Waals surface area contributed by atoms with Crippen LogP contribution in [0.4, 0.5) is 11.4 Å². The van der Waals surface area contributed by atoms with Gasteiger partial charge < -0.3 is 10.2 Å². The molecule has 0 spiro atoms. The molecule has 1 atom stereocenters. The Labute approximate surface area is 158 Å². The molecule has 1 fully saturated rings. The lowest BCUT2D eigenvalue weighted by Gasteiger charge is -2.17. The number of carbonyl (C=O) groups is 2. The molecule has 136 valence electrons. The minimum absolute atomic E-state index is 0.00248. The molecule has 3 aromatic rings. The zero-order valence-corrected chi connectivity index (χ0v) is 15.3. The quantitative estimate of drug-likeness (QED) is 0.752. The molecule has 1 aliphatic heterocycles. The number of nitrogens with zero attached hydrogens (tertiary/aromatic N) is 1. The number of fused-ring (bicyclic) bond motifs is 1. The highest BCUT2D eigenvalue weighted by Crippen LogP contribution is 2.28. The fraction of sp³-hybridized carbons (Fsp3) is 0.217. The highest BCUT2D eigenvalue weighted by atomic mass is 16.2. The van der Waals surface area contributed by atoms with E-state index in [1.54, 1.807) is 4.90 Å². The van der Waals surface area contributed by atoms with E-state index in [4.69, 9.17) is 0 Å².